The van der Waals surface area contributed by atoms with E-state index in [0.717, 1.165) is 0 Å². The largest absolute Gasteiger partial charge is 0.352 e. The Morgan fingerprint density at radius 2 is 2.27 bits per heavy atom. The van der Waals surface area contributed by atoms with Crippen molar-refractivity contribution in [1.29, 1.82) is 0 Å². The Hall–Kier alpha value is 0.1000. The molecular formula is C6H12BrNO2S. The van der Waals surface area contributed by atoms with Gasteiger partial charge in [-0.15, -0.1) is 0 Å². The maximum Gasteiger partial charge on any atom is 0.230 e. The van der Waals surface area contributed by atoms with Crippen LogP contribution < -0.4 is 5.32 Å². The van der Waals surface area contributed by atoms with E-state index >= 15 is 0 Å². The Morgan fingerprint density at radius 1 is 1.73 bits per heavy atom. The standard InChI is InChI=1S/C6H12BrNO2S/c1-5(4-11(2)10)8-6(9)3-7/h5H,3-4H2,1-2H3,(H,8,9). The van der Waals surface area contributed by atoms with Crippen LogP contribution in [0.4, 0.5) is 0 Å². The lowest BCUT2D eigenvalue weighted by molar-refractivity contribution is -0.118. The van der Waals surface area contributed by atoms with Crippen LogP contribution in [0.1, 0.15) is 6.92 Å². The molecule has 0 radical (unpaired) electrons. The number of hydrogen-bond donors (Lipinski definition) is 1. The van der Waals surface area contributed by atoms with Crippen molar-refractivity contribution in [3.63, 3.8) is 0 Å². The minimum Gasteiger partial charge on any atom is -0.352 e. The molecule has 0 aliphatic carbocycles. The van der Waals surface area contributed by atoms with Gasteiger partial charge in [0.2, 0.25) is 5.91 Å². The fourth-order valence-electron chi connectivity index (χ4n) is 0.707. The Bertz CT molecular complexity index is 163. The molecular weight excluding hydrogens is 230 g/mol. The van der Waals surface area contributed by atoms with Gasteiger partial charge in [0.05, 0.1) is 5.33 Å². The third kappa shape index (κ3) is 6.50. The van der Waals surface area contributed by atoms with E-state index < -0.39 is 10.8 Å². The molecule has 0 spiro atoms. The Morgan fingerprint density at radius 3 is 2.64 bits per heavy atom. The average molecular weight is 242 g/mol. The van der Waals surface area contributed by atoms with Crippen LogP contribution >= 0.6 is 15.9 Å². The summed E-state index contributed by atoms with van der Waals surface area (Å²) >= 11 is 3.02. The van der Waals surface area contributed by atoms with Gasteiger partial charge in [-0.3, -0.25) is 9.00 Å². The first kappa shape index (κ1) is 11.1. The van der Waals surface area contributed by atoms with E-state index in [1.165, 1.54) is 0 Å². The van der Waals surface area contributed by atoms with E-state index in [2.05, 4.69) is 21.2 Å². The summed E-state index contributed by atoms with van der Waals surface area (Å²) in [5, 5.41) is 2.98. The molecule has 0 aliphatic rings. The summed E-state index contributed by atoms with van der Waals surface area (Å²) < 4.78 is 10.7. The van der Waals surface area contributed by atoms with Gasteiger partial charge >= 0.3 is 0 Å². The van der Waals surface area contributed by atoms with Crippen LogP contribution in [0.2, 0.25) is 0 Å². The molecule has 5 heteroatoms. The van der Waals surface area contributed by atoms with Gasteiger partial charge in [0.1, 0.15) is 0 Å². The Balaban J connectivity index is 3.60. The molecule has 0 fully saturated rings. The van der Waals surface area contributed by atoms with Crippen LogP contribution in [0.5, 0.6) is 0 Å². The van der Waals surface area contributed by atoms with Crippen LogP contribution in [0.25, 0.3) is 0 Å². The van der Waals surface area contributed by atoms with Crippen molar-refractivity contribution in [1.82, 2.24) is 5.32 Å². The quantitative estimate of drug-likeness (QED) is 0.719. The zero-order valence-corrected chi connectivity index (χ0v) is 9.00. The molecule has 0 rings (SSSR count). The molecule has 0 bridgehead atoms. The first-order valence-electron chi connectivity index (χ1n) is 3.21. The molecule has 2 unspecified atom stereocenters. The minimum atomic E-state index is -0.844. The highest BCUT2D eigenvalue weighted by Crippen LogP contribution is 1.87. The molecule has 0 aromatic carbocycles. The lowest BCUT2D eigenvalue weighted by Gasteiger charge is -2.10. The highest BCUT2D eigenvalue weighted by molar-refractivity contribution is 9.09. The van der Waals surface area contributed by atoms with Gasteiger partial charge in [-0.25, -0.2) is 0 Å². The first-order valence-corrected chi connectivity index (χ1v) is 6.06. The number of nitrogens with one attached hydrogen (secondary N) is 1. The van der Waals surface area contributed by atoms with Gasteiger partial charge in [0, 0.05) is 28.9 Å². The third-order valence-electron chi connectivity index (χ3n) is 1.01. The highest BCUT2D eigenvalue weighted by atomic mass is 79.9. The van der Waals surface area contributed by atoms with Crippen molar-refractivity contribution < 1.29 is 9.00 Å². The van der Waals surface area contributed by atoms with Gasteiger partial charge in [0.25, 0.3) is 0 Å². The maximum absolute atomic E-state index is 10.7. The molecule has 3 nitrogen and oxygen atoms in total. The Labute approximate surface area is 77.5 Å². The molecule has 1 amide bonds. The first-order chi connectivity index (χ1) is 5.06. The van der Waals surface area contributed by atoms with Crippen molar-refractivity contribution in [3.05, 3.63) is 0 Å². The van der Waals surface area contributed by atoms with Crippen LogP contribution in [-0.4, -0.2) is 33.5 Å². The van der Waals surface area contributed by atoms with Crippen LogP contribution in [-0.2, 0) is 15.6 Å². The van der Waals surface area contributed by atoms with Gasteiger partial charge in [0.15, 0.2) is 0 Å². The van der Waals surface area contributed by atoms with E-state index in [4.69, 9.17) is 0 Å². The molecule has 0 saturated heterocycles. The van der Waals surface area contributed by atoms with Crippen LogP contribution in [0.15, 0.2) is 0 Å². The summed E-state index contributed by atoms with van der Waals surface area (Å²) in [6.45, 7) is 1.84. The molecule has 1 N–H and O–H groups in total. The number of carbonyl (C=O) groups excluding carboxylic acids is 1. The number of amides is 1. The summed E-state index contributed by atoms with van der Waals surface area (Å²) in [6.07, 6.45) is 1.62. The second kappa shape index (κ2) is 5.71. The fourth-order valence-corrected chi connectivity index (χ4v) is 1.66. The molecule has 66 valence electrons. The predicted octanol–water partition coefficient (Wildman–Crippen LogP) is 0.265. The van der Waals surface area contributed by atoms with E-state index in [1.807, 2.05) is 6.92 Å². The minimum absolute atomic E-state index is 0.00844. The number of halogens is 1. The molecule has 11 heavy (non-hydrogen) atoms. The average Bonchev–Trinajstić information content (AvgIpc) is 1.85. The van der Waals surface area contributed by atoms with Gasteiger partial charge < -0.3 is 5.32 Å². The maximum atomic E-state index is 10.7. The normalized spacial score (nSPS) is 15.5. The van der Waals surface area contributed by atoms with E-state index in [1.54, 1.807) is 6.26 Å². The van der Waals surface area contributed by atoms with Crippen molar-refractivity contribution in [2.45, 2.75) is 13.0 Å². The van der Waals surface area contributed by atoms with Gasteiger partial charge in [-0.1, -0.05) is 15.9 Å². The van der Waals surface area contributed by atoms with Crippen molar-refractivity contribution in [2.75, 3.05) is 17.3 Å². The van der Waals surface area contributed by atoms with Crippen molar-refractivity contribution in [2.24, 2.45) is 0 Å². The summed E-state index contributed by atoms with van der Waals surface area (Å²) in [6, 6.07) is -0.00844. The number of alkyl halides is 1. The summed E-state index contributed by atoms with van der Waals surface area (Å²) in [5.41, 5.74) is 0. The second-order valence-corrected chi connectivity index (χ2v) is 4.38. The van der Waals surface area contributed by atoms with E-state index in [-0.39, 0.29) is 11.9 Å². The number of hydrogen-bond acceptors (Lipinski definition) is 2. The van der Waals surface area contributed by atoms with Crippen molar-refractivity contribution in [3.8, 4) is 0 Å². The molecule has 0 aliphatic heterocycles. The third-order valence-corrected chi connectivity index (χ3v) is 2.49. The molecule has 0 heterocycles. The van der Waals surface area contributed by atoms with Crippen LogP contribution in [0, 0.1) is 0 Å². The molecule has 2 atom stereocenters. The monoisotopic (exact) mass is 241 g/mol. The highest BCUT2D eigenvalue weighted by Gasteiger charge is 2.06. The molecule has 0 aromatic rings. The van der Waals surface area contributed by atoms with Gasteiger partial charge in [-0.2, -0.15) is 0 Å². The smallest absolute Gasteiger partial charge is 0.230 e. The fraction of sp³-hybridized carbons (Fsp3) is 0.833. The molecule has 0 aromatic heterocycles. The number of carbonyl (C=O) groups is 1. The summed E-state index contributed by atoms with van der Waals surface area (Å²) in [5.74, 6) is 0.446. The summed E-state index contributed by atoms with van der Waals surface area (Å²) in [4.78, 5) is 10.7. The van der Waals surface area contributed by atoms with Crippen LogP contribution in [0.3, 0.4) is 0 Å². The predicted molar refractivity (Wildman–Crippen MR) is 50.3 cm³/mol. The van der Waals surface area contributed by atoms with E-state index in [9.17, 15) is 9.00 Å². The lowest BCUT2D eigenvalue weighted by Crippen LogP contribution is -2.36. The zero-order chi connectivity index (χ0) is 8.85. The van der Waals surface area contributed by atoms with Gasteiger partial charge in [-0.05, 0) is 6.92 Å². The molecule has 0 saturated carbocycles. The summed E-state index contributed by atoms with van der Waals surface area (Å²) in [7, 11) is -0.844. The van der Waals surface area contributed by atoms with E-state index in [0.29, 0.717) is 11.1 Å². The number of rotatable bonds is 4. The lowest BCUT2D eigenvalue weighted by atomic mass is 10.4. The Kier molecular flexibility index (Phi) is 5.76. The second-order valence-electron chi connectivity index (χ2n) is 2.34. The topological polar surface area (TPSA) is 46.2 Å². The SMILES string of the molecule is CC(CS(C)=O)NC(=O)CBr. The zero-order valence-electron chi connectivity index (χ0n) is 6.59. The van der Waals surface area contributed by atoms with Crippen molar-refractivity contribution >= 4 is 32.6 Å².